The lowest BCUT2D eigenvalue weighted by atomic mass is 10.2. The summed E-state index contributed by atoms with van der Waals surface area (Å²) in [7, 11) is 3.80. The van der Waals surface area contributed by atoms with Crippen molar-refractivity contribution in [2.75, 3.05) is 19.0 Å². The first-order chi connectivity index (χ1) is 15.2. The number of hydrogen-bond donors (Lipinski definition) is 2. The Morgan fingerprint density at radius 2 is 1.84 bits per heavy atom. The molecule has 3 rings (SSSR count). The Kier molecular flexibility index (Phi) is 6.82. The van der Waals surface area contributed by atoms with Crippen LogP contribution >= 0.6 is 0 Å². The predicted octanol–water partition coefficient (Wildman–Crippen LogP) is 3.41. The number of benzene rings is 1. The first-order valence-electron chi connectivity index (χ1n) is 10.5. The highest BCUT2D eigenvalue weighted by Crippen LogP contribution is 2.23. The summed E-state index contributed by atoms with van der Waals surface area (Å²) in [5.74, 6) is 0.182. The minimum Gasteiger partial charge on any atom is -0.378 e. The molecule has 0 aliphatic heterocycles. The van der Waals surface area contributed by atoms with Crippen LogP contribution in [0.5, 0.6) is 0 Å². The van der Waals surface area contributed by atoms with Gasteiger partial charge in [-0.1, -0.05) is 6.07 Å². The maximum Gasteiger partial charge on any atom is 0.269 e. The molecule has 0 atom stereocenters. The van der Waals surface area contributed by atoms with Crippen molar-refractivity contribution in [1.82, 2.24) is 25.2 Å². The molecule has 0 saturated carbocycles. The second-order valence-corrected chi connectivity index (χ2v) is 8.11. The van der Waals surface area contributed by atoms with Gasteiger partial charge in [-0.3, -0.25) is 20.4 Å². The number of hydrogen-bond acceptors (Lipinski definition) is 4. The van der Waals surface area contributed by atoms with Crippen LogP contribution in [0.25, 0.3) is 11.9 Å². The van der Waals surface area contributed by atoms with Crippen molar-refractivity contribution in [2.24, 2.45) is 0 Å². The van der Waals surface area contributed by atoms with Gasteiger partial charge in [-0.15, -0.1) is 0 Å². The van der Waals surface area contributed by atoms with Gasteiger partial charge < -0.3 is 9.47 Å². The lowest BCUT2D eigenvalue weighted by Gasteiger charge is -2.15. The second-order valence-electron chi connectivity index (χ2n) is 8.11. The Morgan fingerprint density at radius 3 is 2.53 bits per heavy atom. The summed E-state index contributed by atoms with van der Waals surface area (Å²) >= 11 is 0. The van der Waals surface area contributed by atoms with E-state index < -0.39 is 5.91 Å². The van der Waals surface area contributed by atoms with Crippen molar-refractivity contribution in [3.63, 3.8) is 0 Å². The molecule has 2 aromatic heterocycles. The summed E-state index contributed by atoms with van der Waals surface area (Å²) in [6.07, 6.45) is 4.93. The van der Waals surface area contributed by atoms with Crippen LogP contribution in [-0.4, -0.2) is 40.3 Å². The van der Waals surface area contributed by atoms with Crippen LogP contribution in [0.2, 0.25) is 0 Å². The van der Waals surface area contributed by atoms with Gasteiger partial charge in [0.1, 0.15) is 5.82 Å². The third-order valence-electron chi connectivity index (χ3n) is 5.18. The van der Waals surface area contributed by atoms with Gasteiger partial charge in [0.2, 0.25) is 0 Å². The molecular formula is C24H30N6O2. The van der Waals surface area contributed by atoms with E-state index in [2.05, 4.69) is 34.4 Å². The van der Waals surface area contributed by atoms with Crippen LogP contribution in [0.1, 0.15) is 47.2 Å². The summed E-state index contributed by atoms with van der Waals surface area (Å²) in [6.45, 7) is 8.19. The van der Waals surface area contributed by atoms with Gasteiger partial charge >= 0.3 is 0 Å². The number of aromatic nitrogens is 3. The van der Waals surface area contributed by atoms with Crippen molar-refractivity contribution in [1.29, 1.82) is 0 Å². The fourth-order valence-corrected chi connectivity index (χ4v) is 3.51. The number of carbonyl (C=O) groups is 2. The highest BCUT2D eigenvalue weighted by atomic mass is 16.2. The van der Waals surface area contributed by atoms with Crippen molar-refractivity contribution >= 4 is 23.6 Å². The maximum absolute atomic E-state index is 12.3. The average Bonchev–Trinajstić information content (AvgIpc) is 3.34. The Balaban J connectivity index is 1.68. The highest BCUT2D eigenvalue weighted by Gasteiger charge is 2.14. The molecule has 2 heterocycles. The lowest BCUT2D eigenvalue weighted by molar-refractivity contribution is -0.117. The zero-order valence-electron chi connectivity index (χ0n) is 19.4. The van der Waals surface area contributed by atoms with Gasteiger partial charge in [-0.2, -0.15) is 5.10 Å². The molecule has 0 aliphatic rings. The van der Waals surface area contributed by atoms with Crippen LogP contribution in [0.3, 0.4) is 0 Å². The number of hydrazine groups is 1. The molecule has 168 valence electrons. The summed E-state index contributed by atoms with van der Waals surface area (Å²) < 4.78 is 4.07. The van der Waals surface area contributed by atoms with E-state index >= 15 is 0 Å². The smallest absolute Gasteiger partial charge is 0.269 e. The van der Waals surface area contributed by atoms with Crippen LogP contribution in [-0.2, 0) is 4.79 Å². The standard InChI is InChI=1S/C24H30N6O2/c1-16(2)30-23(12-13-25-30)29-17(3)14-19(18(29)4)10-11-22(31)26-27-24(32)20-8-7-9-21(15-20)28(5)6/h7-16H,1-6H3,(H,26,31)(H,27,32). The molecular weight excluding hydrogens is 404 g/mol. The van der Waals surface area contributed by atoms with E-state index in [1.54, 1.807) is 30.5 Å². The Hall–Kier alpha value is -3.81. The topological polar surface area (TPSA) is 84.2 Å². The third-order valence-corrected chi connectivity index (χ3v) is 5.18. The van der Waals surface area contributed by atoms with E-state index in [4.69, 9.17) is 0 Å². The molecule has 0 saturated heterocycles. The van der Waals surface area contributed by atoms with Gasteiger partial charge in [-0.25, -0.2) is 4.68 Å². The summed E-state index contributed by atoms with van der Waals surface area (Å²) in [5.41, 5.74) is 9.20. The number of nitrogens with one attached hydrogen (secondary N) is 2. The fraction of sp³-hybridized carbons (Fsp3) is 0.292. The molecule has 32 heavy (non-hydrogen) atoms. The van der Waals surface area contributed by atoms with E-state index in [1.807, 2.05) is 55.7 Å². The molecule has 0 aliphatic carbocycles. The molecule has 8 nitrogen and oxygen atoms in total. The fourth-order valence-electron chi connectivity index (χ4n) is 3.51. The molecule has 3 aromatic rings. The molecule has 1 aromatic carbocycles. The predicted molar refractivity (Wildman–Crippen MR) is 127 cm³/mol. The third kappa shape index (κ3) is 4.91. The molecule has 0 bridgehead atoms. The van der Waals surface area contributed by atoms with Gasteiger partial charge in [0.15, 0.2) is 0 Å². The number of aryl methyl sites for hydroxylation is 1. The first-order valence-corrected chi connectivity index (χ1v) is 10.5. The van der Waals surface area contributed by atoms with E-state index in [1.165, 1.54) is 6.08 Å². The number of carbonyl (C=O) groups excluding carboxylic acids is 2. The molecule has 2 N–H and O–H groups in total. The van der Waals surface area contributed by atoms with E-state index in [0.29, 0.717) is 5.56 Å². The number of anilines is 1. The summed E-state index contributed by atoms with van der Waals surface area (Å²) in [6, 6.07) is 11.4. The van der Waals surface area contributed by atoms with Gasteiger partial charge in [0.05, 0.1) is 6.20 Å². The van der Waals surface area contributed by atoms with Crippen LogP contribution in [0.15, 0.2) is 48.7 Å². The maximum atomic E-state index is 12.3. The Bertz CT molecular complexity index is 1150. The molecule has 0 fully saturated rings. The van der Waals surface area contributed by atoms with Gasteiger partial charge in [0, 0.05) is 54.9 Å². The second kappa shape index (κ2) is 9.55. The number of amides is 2. The summed E-state index contributed by atoms with van der Waals surface area (Å²) in [4.78, 5) is 26.5. The zero-order chi connectivity index (χ0) is 23.4. The van der Waals surface area contributed by atoms with Gasteiger partial charge in [-0.05, 0) is 63.6 Å². The number of rotatable bonds is 6. The van der Waals surface area contributed by atoms with E-state index in [0.717, 1.165) is 28.5 Å². The van der Waals surface area contributed by atoms with Crippen LogP contribution < -0.4 is 15.8 Å². The Morgan fingerprint density at radius 1 is 1.09 bits per heavy atom. The van der Waals surface area contributed by atoms with Crippen LogP contribution in [0.4, 0.5) is 5.69 Å². The zero-order valence-corrected chi connectivity index (χ0v) is 19.4. The molecule has 0 unspecified atom stereocenters. The highest BCUT2D eigenvalue weighted by molar-refractivity contribution is 5.98. The minimum absolute atomic E-state index is 0.230. The van der Waals surface area contributed by atoms with E-state index in [-0.39, 0.29) is 11.9 Å². The lowest BCUT2D eigenvalue weighted by Crippen LogP contribution is -2.40. The normalized spacial score (nSPS) is 11.2. The quantitative estimate of drug-likeness (QED) is 0.460. The number of nitrogens with zero attached hydrogens (tertiary/aromatic N) is 4. The molecule has 0 radical (unpaired) electrons. The van der Waals surface area contributed by atoms with Crippen molar-refractivity contribution < 1.29 is 9.59 Å². The molecule has 2 amide bonds. The summed E-state index contributed by atoms with van der Waals surface area (Å²) in [5, 5.41) is 4.41. The van der Waals surface area contributed by atoms with E-state index in [9.17, 15) is 9.59 Å². The monoisotopic (exact) mass is 434 g/mol. The molecule has 0 spiro atoms. The largest absolute Gasteiger partial charge is 0.378 e. The minimum atomic E-state index is -0.417. The first kappa shape index (κ1) is 22.9. The van der Waals surface area contributed by atoms with Gasteiger partial charge in [0.25, 0.3) is 11.8 Å². The van der Waals surface area contributed by atoms with Crippen molar-refractivity contribution in [2.45, 2.75) is 33.7 Å². The van der Waals surface area contributed by atoms with Crippen molar-refractivity contribution in [3.8, 4) is 5.82 Å². The molecule has 8 heteroatoms. The Labute approximate surface area is 188 Å². The van der Waals surface area contributed by atoms with Crippen LogP contribution in [0, 0.1) is 13.8 Å². The SMILES string of the molecule is Cc1cc(C=CC(=O)NNC(=O)c2cccc(N(C)C)c2)c(C)n1-c1ccnn1C(C)C. The van der Waals surface area contributed by atoms with Crippen molar-refractivity contribution in [3.05, 3.63) is 71.2 Å². The average molecular weight is 435 g/mol.